The predicted octanol–water partition coefficient (Wildman–Crippen LogP) is 4.73. The largest absolute Gasteiger partial charge is 0.497 e. The summed E-state index contributed by atoms with van der Waals surface area (Å²) < 4.78 is 5.23. The van der Waals surface area contributed by atoms with Gasteiger partial charge in [-0.25, -0.2) is 0 Å². The summed E-state index contributed by atoms with van der Waals surface area (Å²) in [5, 5.41) is 2.96. The van der Waals surface area contributed by atoms with Crippen molar-refractivity contribution in [3.8, 4) is 5.75 Å². The molecular weight excluding hydrogens is 420 g/mol. The molecule has 2 aromatic rings. The van der Waals surface area contributed by atoms with Gasteiger partial charge >= 0.3 is 0 Å². The van der Waals surface area contributed by atoms with Gasteiger partial charge in [0.15, 0.2) is 0 Å². The van der Waals surface area contributed by atoms with Gasteiger partial charge in [-0.05, 0) is 49.9 Å². The molecule has 0 radical (unpaired) electrons. The van der Waals surface area contributed by atoms with Gasteiger partial charge in [-0.2, -0.15) is 0 Å². The van der Waals surface area contributed by atoms with Gasteiger partial charge in [-0.1, -0.05) is 55.3 Å². The predicted molar refractivity (Wildman–Crippen MR) is 133 cm³/mol. The van der Waals surface area contributed by atoms with Crippen molar-refractivity contribution in [1.82, 2.24) is 10.2 Å². The number of hydrogen-bond acceptors (Lipinski definition) is 4. The van der Waals surface area contributed by atoms with Crippen molar-refractivity contribution in [3.05, 3.63) is 64.7 Å². The highest BCUT2D eigenvalue weighted by Gasteiger charge is 2.26. The number of methoxy groups -OCH3 is 1. The van der Waals surface area contributed by atoms with E-state index in [9.17, 15) is 9.59 Å². The standard InChI is InChI=1S/C26H36N2O3S/c1-18(2)14-27-26(30)21(5)28(15-22-7-9-24(31-6)10-8-22)25(29)17-32-16-23-12-19(3)11-20(4)13-23/h7-13,18,21H,14-17H2,1-6H3,(H,27,30)/t21-/m0/s1. The first-order chi connectivity index (χ1) is 15.2. The van der Waals surface area contributed by atoms with Gasteiger partial charge in [0.05, 0.1) is 12.9 Å². The third-order valence-electron chi connectivity index (χ3n) is 5.14. The molecule has 0 bridgehead atoms. The molecular formula is C26H36N2O3S. The van der Waals surface area contributed by atoms with Gasteiger partial charge in [0.25, 0.3) is 0 Å². The molecule has 2 amide bonds. The zero-order valence-electron chi connectivity index (χ0n) is 20.1. The highest BCUT2D eigenvalue weighted by atomic mass is 32.2. The summed E-state index contributed by atoms with van der Waals surface area (Å²) in [6, 6.07) is 13.5. The Morgan fingerprint density at radius 3 is 2.19 bits per heavy atom. The lowest BCUT2D eigenvalue weighted by atomic mass is 10.1. The number of hydrogen-bond donors (Lipinski definition) is 1. The maximum atomic E-state index is 13.2. The van der Waals surface area contributed by atoms with E-state index in [1.54, 1.807) is 30.7 Å². The van der Waals surface area contributed by atoms with E-state index in [2.05, 4.69) is 51.2 Å². The molecule has 1 atom stereocenters. The topological polar surface area (TPSA) is 58.6 Å². The Kier molecular flexibility index (Phi) is 10.1. The van der Waals surface area contributed by atoms with Crippen LogP contribution < -0.4 is 10.1 Å². The van der Waals surface area contributed by atoms with Gasteiger partial charge in [0, 0.05) is 18.8 Å². The fraction of sp³-hybridized carbons (Fsp3) is 0.462. The van der Waals surface area contributed by atoms with Crippen LogP contribution in [0.25, 0.3) is 0 Å². The Balaban J connectivity index is 2.08. The first kappa shape index (κ1) is 25.8. The second kappa shape index (κ2) is 12.5. The summed E-state index contributed by atoms with van der Waals surface area (Å²) in [6.45, 7) is 11.0. The van der Waals surface area contributed by atoms with E-state index in [1.165, 1.54) is 16.7 Å². The number of rotatable bonds is 11. The number of nitrogens with zero attached hydrogens (tertiary/aromatic N) is 1. The number of thioether (sulfide) groups is 1. The van der Waals surface area contributed by atoms with Gasteiger partial charge < -0.3 is 15.0 Å². The highest BCUT2D eigenvalue weighted by molar-refractivity contribution is 7.99. The maximum Gasteiger partial charge on any atom is 0.242 e. The van der Waals surface area contributed by atoms with E-state index in [0.717, 1.165) is 17.1 Å². The highest BCUT2D eigenvalue weighted by Crippen LogP contribution is 2.19. The number of carbonyl (C=O) groups is 2. The average Bonchev–Trinajstić information content (AvgIpc) is 2.75. The van der Waals surface area contributed by atoms with Gasteiger partial charge in [-0.3, -0.25) is 9.59 Å². The summed E-state index contributed by atoms with van der Waals surface area (Å²) in [6.07, 6.45) is 0. The minimum absolute atomic E-state index is 0.0395. The molecule has 0 fully saturated rings. The summed E-state index contributed by atoms with van der Waals surface area (Å²) in [7, 11) is 1.62. The second-order valence-electron chi connectivity index (χ2n) is 8.67. The Hall–Kier alpha value is -2.47. The monoisotopic (exact) mass is 456 g/mol. The summed E-state index contributed by atoms with van der Waals surface area (Å²) in [5.41, 5.74) is 4.62. The molecule has 0 unspecified atom stereocenters. The number of ether oxygens (including phenoxy) is 1. The fourth-order valence-electron chi connectivity index (χ4n) is 3.45. The molecule has 0 saturated carbocycles. The van der Waals surface area contributed by atoms with Crippen molar-refractivity contribution in [3.63, 3.8) is 0 Å². The average molecular weight is 457 g/mol. The summed E-state index contributed by atoms with van der Waals surface area (Å²) >= 11 is 1.58. The van der Waals surface area contributed by atoms with Crippen LogP contribution in [0.15, 0.2) is 42.5 Å². The summed E-state index contributed by atoms with van der Waals surface area (Å²) in [5.74, 6) is 2.04. The molecule has 0 aliphatic heterocycles. The molecule has 32 heavy (non-hydrogen) atoms. The third-order valence-corrected chi connectivity index (χ3v) is 6.13. The van der Waals surface area contributed by atoms with Crippen LogP contribution in [0.1, 0.15) is 43.0 Å². The number of aryl methyl sites for hydroxylation is 2. The number of benzene rings is 2. The molecule has 174 valence electrons. The molecule has 0 aliphatic carbocycles. The van der Waals surface area contributed by atoms with Crippen LogP contribution in [0, 0.1) is 19.8 Å². The molecule has 0 heterocycles. The molecule has 1 N–H and O–H groups in total. The third kappa shape index (κ3) is 8.23. The Morgan fingerprint density at radius 2 is 1.62 bits per heavy atom. The zero-order valence-corrected chi connectivity index (χ0v) is 20.9. The molecule has 2 aromatic carbocycles. The smallest absolute Gasteiger partial charge is 0.242 e. The van der Waals surface area contributed by atoms with Crippen molar-refractivity contribution in [1.29, 1.82) is 0 Å². The Morgan fingerprint density at radius 1 is 1.00 bits per heavy atom. The van der Waals surface area contributed by atoms with E-state index in [0.29, 0.717) is 24.8 Å². The minimum Gasteiger partial charge on any atom is -0.497 e. The van der Waals surface area contributed by atoms with Crippen molar-refractivity contribution in [2.75, 3.05) is 19.4 Å². The normalized spacial score (nSPS) is 11.8. The van der Waals surface area contributed by atoms with Crippen LogP contribution in [0.4, 0.5) is 0 Å². The molecule has 0 aliphatic rings. The molecule has 0 aromatic heterocycles. The van der Waals surface area contributed by atoms with Crippen LogP contribution in [-0.2, 0) is 21.9 Å². The lowest BCUT2D eigenvalue weighted by molar-refractivity contribution is -0.138. The first-order valence-electron chi connectivity index (χ1n) is 11.0. The lowest BCUT2D eigenvalue weighted by Gasteiger charge is -2.29. The quantitative estimate of drug-likeness (QED) is 0.531. The van der Waals surface area contributed by atoms with E-state index < -0.39 is 6.04 Å². The molecule has 5 nitrogen and oxygen atoms in total. The number of amides is 2. The number of carbonyl (C=O) groups excluding carboxylic acids is 2. The van der Waals surface area contributed by atoms with Gasteiger partial charge in [0.2, 0.25) is 11.8 Å². The maximum absolute atomic E-state index is 13.2. The van der Waals surface area contributed by atoms with Crippen molar-refractivity contribution < 1.29 is 14.3 Å². The van der Waals surface area contributed by atoms with Crippen LogP contribution in [0.3, 0.4) is 0 Å². The van der Waals surface area contributed by atoms with Crippen LogP contribution in [0.2, 0.25) is 0 Å². The van der Waals surface area contributed by atoms with E-state index >= 15 is 0 Å². The van der Waals surface area contributed by atoms with E-state index in [4.69, 9.17) is 4.74 Å². The SMILES string of the molecule is COc1ccc(CN(C(=O)CSCc2cc(C)cc(C)c2)[C@@H](C)C(=O)NCC(C)C)cc1. The fourth-order valence-corrected chi connectivity index (χ4v) is 4.30. The van der Waals surface area contributed by atoms with Gasteiger partial charge in [0.1, 0.15) is 11.8 Å². The Labute approximate surface area is 196 Å². The second-order valence-corrected chi connectivity index (χ2v) is 9.66. The van der Waals surface area contributed by atoms with Crippen molar-refractivity contribution >= 4 is 23.6 Å². The van der Waals surface area contributed by atoms with Crippen molar-refractivity contribution in [2.24, 2.45) is 5.92 Å². The number of nitrogens with one attached hydrogen (secondary N) is 1. The molecule has 0 spiro atoms. The molecule has 6 heteroatoms. The molecule has 2 rings (SSSR count). The Bertz CT molecular complexity index is 876. The van der Waals surface area contributed by atoms with Gasteiger partial charge in [-0.15, -0.1) is 11.8 Å². The van der Waals surface area contributed by atoms with Crippen LogP contribution >= 0.6 is 11.8 Å². The zero-order chi connectivity index (χ0) is 23.7. The van der Waals surface area contributed by atoms with E-state index in [1.807, 2.05) is 24.3 Å². The first-order valence-corrected chi connectivity index (χ1v) is 12.2. The minimum atomic E-state index is -0.551. The van der Waals surface area contributed by atoms with Crippen LogP contribution in [-0.4, -0.2) is 42.2 Å². The van der Waals surface area contributed by atoms with Crippen LogP contribution in [0.5, 0.6) is 5.75 Å². The molecule has 0 saturated heterocycles. The van der Waals surface area contributed by atoms with E-state index in [-0.39, 0.29) is 11.8 Å². The summed E-state index contributed by atoms with van der Waals surface area (Å²) in [4.78, 5) is 27.6. The van der Waals surface area contributed by atoms with Crippen molar-refractivity contribution in [2.45, 2.75) is 53.0 Å². The lowest BCUT2D eigenvalue weighted by Crippen LogP contribution is -2.48.